The van der Waals surface area contributed by atoms with Gasteiger partial charge in [0.1, 0.15) is 6.54 Å². The predicted octanol–water partition coefficient (Wildman–Crippen LogP) is 4.05. The molecule has 1 heterocycles. The van der Waals surface area contributed by atoms with Crippen molar-refractivity contribution < 1.29 is 9.63 Å². The van der Waals surface area contributed by atoms with Crippen molar-refractivity contribution in [3.8, 4) is 0 Å². The number of aromatic nitrogens is 1. The van der Waals surface area contributed by atoms with Crippen LogP contribution in [0.5, 0.6) is 0 Å². The summed E-state index contributed by atoms with van der Waals surface area (Å²) in [6.45, 7) is 10.9. The molecule has 0 aliphatic heterocycles. The molecule has 1 atom stereocenters. The van der Waals surface area contributed by atoms with Crippen molar-refractivity contribution in [2.45, 2.75) is 72.3 Å². The highest BCUT2D eigenvalue weighted by Gasteiger charge is 2.13. The van der Waals surface area contributed by atoms with E-state index in [1.54, 1.807) is 0 Å². The van der Waals surface area contributed by atoms with Crippen LogP contribution in [0.3, 0.4) is 0 Å². The summed E-state index contributed by atoms with van der Waals surface area (Å²) in [4.78, 5) is 4.60. The number of halogens is 1. The van der Waals surface area contributed by atoms with E-state index in [0.29, 0.717) is 18.4 Å². The highest BCUT2D eigenvalue weighted by molar-refractivity contribution is 14.0. The number of nitrogens with one attached hydrogen (secondary N) is 2. The molecule has 0 radical (unpaired) electrons. The lowest BCUT2D eigenvalue weighted by Gasteiger charge is -2.18. The summed E-state index contributed by atoms with van der Waals surface area (Å²) in [6.07, 6.45) is 5.19. The smallest absolute Gasteiger partial charge is 0.191 e. The number of hydrogen-bond donors (Lipinski definition) is 3. The molecular formula is C19H37IN4O2. The van der Waals surface area contributed by atoms with Gasteiger partial charge < -0.3 is 20.3 Å². The van der Waals surface area contributed by atoms with Gasteiger partial charge in [-0.15, -0.1) is 24.0 Å². The standard InChI is InChI=1S/C19H36N4O2.HI/c1-5-9-15(10-11-24)13-21-19(20-8-4)22-14-17-12-18(23-25-17)16(6-2)7-3;/h12,15-16,24H,5-11,13-14H2,1-4H3,(H2,20,21,22);1H. The van der Waals surface area contributed by atoms with Crippen LogP contribution in [-0.4, -0.2) is 35.9 Å². The first-order valence-corrected chi connectivity index (χ1v) is 9.76. The average molecular weight is 480 g/mol. The minimum atomic E-state index is 0. The van der Waals surface area contributed by atoms with Gasteiger partial charge in [0.05, 0.1) is 5.69 Å². The Bertz CT molecular complexity index is 484. The number of aliphatic imine (C=N–C) groups is 1. The van der Waals surface area contributed by atoms with Crippen molar-refractivity contribution in [2.24, 2.45) is 10.9 Å². The number of guanidine groups is 1. The Labute approximate surface area is 175 Å². The Kier molecular flexibility index (Phi) is 14.8. The summed E-state index contributed by atoms with van der Waals surface area (Å²) in [5.74, 6) is 2.49. The van der Waals surface area contributed by atoms with Crippen LogP contribution < -0.4 is 10.6 Å². The van der Waals surface area contributed by atoms with Gasteiger partial charge in [-0.2, -0.15) is 0 Å². The molecule has 152 valence electrons. The highest BCUT2D eigenvalue weighted by atomic mass is 127. The summed E-state index contributed by atoms with van der Waals surface area (Å²) < 4.78 is 5.43. The number of aliphatic hydroxyl groups excluding tert-OH is 1. The van der Waals surface area contributed by atoms with E-state index in [4.69, 9.17) is 4.52 Å². The van der Waals surface area contributed by atoms with Crippen LogP contribution in [0.4, 0.5) is 0 Å². The fraction of sp³-hybridized carbons (Fsp3) is 0.789. The fourth-order valence-corrected chi connectivity index (χ4v) is 2.98. The number of hydrogen-bond acceptors (Lipinski definition) is 4. The molecule has 0 fully saturated rings. The second-order valence-electron chi connectivity index (χ2n) is 6.47. The Morgan fingerprint density at radius 2 is 1.92 bits per heavy atom. The van der Waals surface area contributed by atoms with E-state index in [0.717, 1.165) is 62.6 Å². The van der Waals surface area contributed by atoms with E-state index in [-0.39, 0.29) is 30.6 Å². The summed E-state index contributed by atoms with van der Waals surface area (Å²) in [5, 5.41) is 20.0. The Morgan fingerprint density at radius 1 is 1.19 bits per heavy atom. The molecule has 0 saturated carbocycles. The minimum absolute atomic E-state index is 0. The van der Waals surface area contributed by atoms with E-state index in [2.05, 4.69) is 41.6 Å². The molecule has 0 spiro atoms. The van der Waals surface area contributed by atoms with Crippen LogP contribution in [0.2, 0.25) is 0 Å². The molecule has 1 aromatic heterocycles. The minimum Gasteiger partial charge on any atom is -0.396 e. The van der Waals surface area contributed by atoms with Gasteiger partial charge in [-0.25, -0.2) is 4.99 Å². The summed E-state index contributed by atoms with van der Waals surface area (Å²) in [6, 6.07) is 2.02. The second-order valence-corrected chi connectivity index (χ2v) is 6.47. The molecule has 26 heavy (non-hydrogen) atoms. The molecule has 1 unspecified atom stereocenters. The van der Waals surface area contributed by atoms with E-state index in [1.165, 1.54) is 0 Å². The maximum absolute atomic E-state index is 9.18. The quantitative estimate of drug-likeness (QED) is 0.239. The molecule has 3 N–H and O–H groups in total. The molecule has 0 aromatic carbocycles. The van der Waals surface area contributed by atoms with Crippen molar-refractivity contribution in [2.75, 3.05) is 19.7 Å². The monoisotopic (exact) mass is 480 g/mol. The molecule has 0 aliphatic carbocycles. The van der Waals surface area contributed by atoms with E-state index in [1.807, 2.05) is 13.0 Å². The summed E-state index contributed by atoms with van der Waals surface area (Å²) in [5.41, 5.74) is 1.03. The number of aliphatic hydroxyl groups is 1. The Morgan fingerprint density at radius 3 is 2.50 bits per heavy atom. The molecule has 0 saturated heterocycles. The first-order chi connectivity index (χ1) is 12.2. The lowest BCUT2D eigenvalue weighted by atomic mass is 9.99. The molecule has 7 heteroatoms. The van der Waals surface area contributed by atoms with Gasteiger partial charge in [-0.05, 0) is 38.5 Å². The Balaban J connectivity index is 0.00000625. The summed E-state index contributed by atoms with van der Waals surface area (Å²) in [7, 11) is 0. The van der Waals surface area contributed by atoms with Gasteiger partial charge in [0.15, 0.2) is 11.7 Å². The molecular weight excluding hydrogens is 443 g/mol. The van der Waals surface area contributed by atoms with Crippen LogP contribution in [-0.2, 0) is 6.54 Å². The number of nitrogens with zero attached hydrogens (tertiary/aromatic N) is 2. The molecule has 0 aliphatic rings. The third kappa shape index (κ3) is 9.21. The van der Waals surface area contributed by atoms with Crippen molar-refractivity contribution in [3.63, 3.8) is 0 Å². The fourth-order valence-electron chi connectivity index (χ4n) is 2.98. The van der Waals surface area contributed by atoms with E-state index in [9.17, 15) is 5.11 Å². The van der Waals surface area contributed by atoms with Crippen LogP contribution in [0.25, 0.3) is 0 Å². The topological polar surface area (TPSA) is 82.7 Å². The third-order valence-electron chi connectivity index (χ3n) is 4.51. The zero-order chi connectivity index (χ0) is 18.5. The summed E-state index contributed by atoms with van der Waals surface area (Å²) >= 11 is 0. The van der Waals surface area contributed by atoms with Gasteiger partial charge in [0, 0.05) is 31.7 Å². The third-order valence-corrected chi connectivity index (χ3v) is 4.51. The number of rotatable bonds is 12. The van der Waals surface area contributed by atoms with Crippen molar-refractivity contribution in [3.05, 3.63) is 17.5 Å². The SMILES string of the molecule is CCCC(CCO)CNC(=NCc1cc(C(CC)CC)no1)NCC.I. The van der Waals surface area contributed by atoms with Crippen LogP contribution in [0.15, 0.2) is 15.6 Å². The largest absolute Gasteiger partial charge is 0.396 e. The van der Waals surface area contributed by atoms with Gasteiger partial charge in [0.2, 0.25) is 0 Å². The molecule has 0 bridgehead atoms. The van der Waals surface area contributed by atoms with E-state index >= 15 is 0 Å². The molecule has 6 nitrogen and oxygen atoms in total. The predicted molar refractivity (Wildman–Crippen MR) is 118 cm³/mol. The normalized spacial score (nSPS) is 12.8. The van der Waals surface area contributed by atoms with Crippen molar-refractivity contribution in [1.82, 2.24) is 15.8 Å². The lowest BCUT2D eigenvalue weighted by molar-refractivity contribution is 0.251. The maximum atomic E-state index is 9.18. The van der Waals surface area contributed by atoms with Crippen LogP contribution in [0, 0.1) is 5.92 Å². The van der Waals surface area contributed by atoms with Crippen molar-refractivity contribution >= 4 is 29.9 Å². The second kappa shape index (κ2) is 15.2. The molecule has 0 amide bonds. The first kappa shape index (κ1) is 25.2. The highest BCUT2D eigenvalue weighted by Crippen LogP contribution is 2.22. The maximum Gasteiger partial charge on any atom is 0.191 e. The molecule has 1 rings (SSSR count). The zero-order valence-electron chi connectivity index (χ0n) is 16.8. The van der Waals surface area contributed by atoms with Crippen molar-refractivity contribution in [1.29, 1.82) is 0 Å². The first-order valence-electron chi connectivity index (χ1n) is 9.76. The molecule has 1 aromatic rings. The average Bonchev–Trinajstić information content (AvgIpc) is 3.07. The van der Waals surface area contributed by atoms with Gasteiger partial charge in [-0.1, -0.05) is 32.3 Å². The van der Waals surface area contributed by atoms with Gasteiger partial charge in [-0.3, -0.25) is 0 Å². The zero-order valence-corrected chi connectivity index (χ0v) is 19.1. The Hall–Kier alpha value is -0.830. The van der Waals surface area contributed by atoms with Gasteiger partial charge in [0.25, 0.3) is 0 Å². The van der Waals surface area contributed by atoms with E-state index < -0.39 is 0 Å². The van der Waals surface area contributed by atoms with Gasteiger partial charge >= 0.3 is 0 Å². The lowest BCUT2D eigenvalue weighted by Crippen LogP contribution is -2.40. The van der Waals surface area contributed by atoms with Crippen LogP contribution in [0.1, 0.15) is 77.2 Å². The van der Waals surface area contributed by atoms with Crippen LogP contribution >= 0.6 is 24.0 Å².